The van der Waals surface area contributed by atoms with E-state index in [0.29, 0.717) is 18.0 Å². The van der Waals surface area contributed by atoms with Crippen LogP contribution in [-0.4, -0.2) is 45.8 Å². The Kier molecular flexibility index (Phi) is 8.37. The Morgan fingerprint density at radius 1 is 1.29 bits per heavy atom. The molecule has 0 fully saturated rings. The Bertz CT molecular complexity index is 484. The molecular formula is C14H22BrN3O2S. The number of halogens is 1. The predicted octanol–water partition coefficient (Wildman–Crippen LogP) is 2.49. The van der Waals surface area contributed by atoms with Gasteiger partial charge in [0.1, 0.15) is 0 Å². The topological polar surface area (TPSA) is 54.9 Å². The summed E-state index contributed by atoms with van der Waals surface area (Å²) in [4.78, 5) is 4.19. The molecule has 7 heteroatoms. The molecule has 0 spiro atoms. The zero-order valence-electron chi connectivity index (χ0n) is 12.8. The fourth-order valence-electron chi connectivity index (χ4n) is 1.75. The van der Waals surface area contributed by atoms with Gasteiger partial charge in [-0.25, -0.2) is 0 Å². The molecule has 0 amide bonds. The van der Waals surface area contributed by atoms with Gasteiger partial charge in [0.15, 0.2) is 17.5 Å². The first-order valence-corrected chi connectivity index (χ1v) is 8.68. The monoisotopic (exact) mass is 375 g/mol. The third kappa shape index (κ3) is 5.67. The van der Waals surface area contributed by atoms with Crippen LogP contribution in [0.4, 0.5) is 0 Å². The molecule has 0 saturated heterocycles. The van der Waals surface area contributed by atoms with E-state index in [9.17, 15) is 0 Å². The highest BCUT2D eigenvalue weighted by Crippen LogP contribution is 2.36. The van der Waals surface area contributed by atoms with Crippen molar-refractivity contribution in [2.45, 2.75) is 6.54 Å². The van der Waals surface area contributed by atoms with Gasteiger partial charge in [0.25, 0.3) is 0 Å². The number of methoxy groups -OCH3 is 2. The third-order valence-electron chi connectivity index (χ3n) is 2.78. The van der Waals surface area contributed by atoms with Crippen LogP contribution in [0.1, 0.15) is 5.56 Å². The molecule has 0 aromatic heterocycles. The molecule has 0 bridgehead atoms. The van der Waals surface area contributed by atoms with Crippen molar-refractivity contribution in [3.05, 3.63) is 22.2 Å². The zero-order valence-corrected chi connectivity index (χ0v) is 15.2. The van der Waals surface area contributed by atoms with E-state index >= 15 is 0 Å². The largest absolute Gasteiger partial charge is 0.493 e. The van der Waals surface area contributed by atoms with Crippen LogP contribution in [0, 0.1) is 0 Å². The zero-order chi connectivity index (χ0) is 15.7. The molecule has 0 aliphatic rings. The van der Waals surface area contributed by atoms with E-state index in [-0.39, 0.29) is 0 Å². The highest BCUT2D eigenvalue weighted by Gasteiger charge is 2.10. The maximum atomic E-state index is 5.34. The molecular weight excluding hydrogens is 354 g/mol. The summed E-state index contributed by atoms with van der Waals surface area (Å²) in [5.41, 5.74) is 1.08. The van der Waals surface area contributed by atoms with Gasteiger partial charge in [-0.05, 0) is 39.9 Å². The first kappa shape index (κ1) is 18.0. The minimum Gasteiger partial charge on any atom is -0.493 e. The SMILES string of the molecule is CN=C(NCCSC)NCc1cc(Br)c(OC)c(OC)c1. The number of nitrogens with one attached hydrogen (secondary N) is 2. The van der Waals surface area contributed by atoms with Crippen molar-refractivity contribution < 1.29 is 9.47 Å². The van der Waals surface area contributed by atoms with Crippen LogP contribution >= 0.6 is 27.7 Å². The lowest BCUT2D eigenvalue weighted by atomic mass is 10.2. The van der Waals surface area contributed by atoms with E-state index in [1.807, 2.05) is 12.1 Å². The highest BCUT2D eigenvalue weighted by atomic mass is 79.9. The fraction of sp³-hybridized carbons (Fsp3) is 0.500. The van der Waals surface area contributed by atoms with Crippen LogP contribution in [0.2, 0.25) is 0 Å². The van der Waals surface area contributed by atoms with Crippen molar-refractivity contribution in [1.82, 2.24) is 10.6 Å². The van der Waals surface area contributed by atoms with Crippen molar-refractivity contribution in [2.24, 2.45) is 4.99 Å². The number of hydrogen-bond acceptors (Lipinski definition) is 4. The van der Waals surface area contributed by atoms with Gasteiger partial charge in [-0.15, -0.1) is 0 Å². The van der Waals surface area contributed by atoms with Crippen LogP contribution in [-0.2, 0) is 6.54 Å². The van der Waals surface area contributed by atoms with E-state index in [1.165, 1.54) is 0 Å². The minimum absolute atomic E-state index is 0.651. The van der Waals surface area contributed by atoms with Crippen molar-refractivity contribution in [3.8, 4) is 11.5 Å². The van der Waals surface area contributed by atoms with Gasteiger partial charge in [-0.3, -0.25) is 4.99 Å². The molecule has 0 radical (unpaired) electrons. The molecule has 0 aliphatic heterocycles. The maximum Gasteiger partial charge on any atom is 0.191 e. The minimum atomic E-state index is 0.651. The molecule has 0 aliphatic carbocycles. The Labute approximate surface area is 139 Å². The van der Waals surface area contributed by atoms with Gasteiger partial charge in [-0.2, -0.15) is 11.8 Å². The lowest BCUT2D eigenvalue weighted by Gasteiger charge is -2.14. The van der Waals surface area contributed by atoms with Crippen LogP contribution in [0.25, 0.3) is 0 Å². The highest BCUT2D eigenvalue weighted by molar-refractivity contribution is 9.10. The van der Waals surface area contributed by atoms with Gasteiger partial charge in [0.2, 0.25) is 0 Å². The molecule has 0 saturated carbocycles. The van der Waals surface area contributed by atoms with Gasteiger partial charge in [0.05, 0.1) is 18.7 Å². The lowest BCUT2D eigenvalue weighted by Crippen LogP contribution is -2.37. The molecule has 21 heavy (non-hydrogen) atoms. The van der Waals surface area contributed by atoms with Crippen LogP contribution in [0.5, 0.6) is 11.5 Å². The Morgan fingerprint density at radius 3 is 2.62 bits per heavy atom. The Hall–Kier alpha value is -1.08. The summed E-state index contributed by atoms with van der Waals surface area (Å²) in [7, 11) is 5.02. The summed E-state index contributed by atoms with van der Waals surface area (Å²) >= 11 is 5.29. The summed E-state index contributed by atoms with van der Waals surface area (Å²) in [6.45, 7) is 1.54. The lowest BCUT2D eigenvalue weighted by molar-refractivity contribution is 0.352. The maximum absolute atomic E-state index is 5.34. The predicted molar refractivity (Wildman–Crippen MR) is 93.8 cm³/mol. The number of ether oxygens (including phenoxy) is 2. The normalized spacial score (nSPS) is 11.2. The summed E-state index contributed by atoms with van der Waals surface area (Å²) in [5, 5.41) is 6.53. The number of rotatable bonds is 7. The van der Waals surface area contributed by atoms with Crippen LogP contribution in [0.15, 0.2) is 21.6 Å². The summed E-state index contributed by atoms with van der Waals surface area (Å²) in [5.74, 6) is 3.23. The average molecular weight is 376 g/mol. The van der Waals surface area contributed by atoms with E-state index in [1.54, 1.807) is 33.0 Å². The number of guanidine groups is 1. The first-order valence-electron chi connectivity index (χ1n) is 6.50. The second-order valence-electron chi connectivity index (χ2n) is 4.16. The summed E-state index contributed by atoms with van der Waals surface area (Å²) in [6.07, 6.45) is 2.08. The number of nitrogens with zero attached hydrogens (tertiary/aromatic N) is 1. The van der Waals surface area contributed by atoms with Crippen LogP contribution in [0.3, 0.4) is 0 Å². The van der Waals surface area contributed by atoms with Gasteiger partial charge in [-0.1, -0.05) is 0 Å². The number of hydrogen-bond donors (Lipinski definition) is 2. The molecule has 1 aromatic rings. The van der Waals surface area contributed by atoms with Gasteiger partial charge in [0, 0.05) is 25.9 Å². The van der Waals surface area contributed by atoms with E-state index in [0.717, 1.165) is 28.3 Å². The second kappa shape index (κ2) is 9.78. The Balaban J connectivity index is 2.68. The third-order valence-corrected chi connectivity index (χ3v) is 3.98. The van der Waals surface area contributed by atoms with E-state index in [2.05, 4.69) is 37.8 Å². The molecule has 5 nitrogen and oxygen atoms in total. The van der Waals surface area contributed by atoms with Crippen LogP contribution < -0.4 is 20.1 Å². The standard InChI is InChI=1S/C14H22BrN3O2S/c1-16-14(17-5-6-21-4)18-9-10-7-11(15)13(20-3)12(8-10)19-2/h7-8H,5-6,9H2,1-4H3,(H2,16,17,18). The molecule has 0 heterocycles. The van der Waals surface area contributed by atoms with E-state index in [4.69, 9.17) is 9.47 Å². The quantitative estimate of drug-likeness (QED) is 0.435. The van der Waals surface area contributed by atoms with Gasteiger partial charge >= 0.3 is 0 Å². The summed E-state index contributed by atoms with van der Waals surface area (Å²) in [6, 6.07) is 3.95. The molecule has 1 rings (SSSR count). The van der Waals surface area contributed by atoms with Gasteiger partial charge < -0.3 is 20.1 Å². The molecule has 118 valence electrons. The number of benzene rings is 1. The smallest absolute Gasteiger partial charge is 0.191 e. The summed E-state index contributed by atoms with van der Waals surface area (Å²) < 4.78 is 11.5. The fourth-order valence-corrected chi connectivity index (χ4v) is 2.71. The molecule has 2 N–H and O–H groups in total. The molecule has 0 unspecified atom stereocenters. The second-order valence-corrected chi connectivity index (χ2v) is 6.00. The number of thioether (sulfide) groups is 1. The van der Waals surface area contributed by atoms with Crippen molar-refractivity contribution in [1.29, 1.82) is 0 Å². The van der Waals surface area contributed by atoms with Crippen molar-refractivity contribution in [3.63, 3.8) is 0 Å². The average Bonchev–Trinajstić information content (AvgIpc) is 2.50. The number of aliphatic imine (C=N–C) groups is 1. The van der Waals surface area contributed by atoms with Crippen molar-refractivity contribution in [2.75, 3.05) is 39.8 Å². The van der Waals surface area contributed by atoms with Crippen molar-refractivity contribution >= 4 is 33.7 Å². The Morgan fingerprint density at radius 2 is 2.05 bits per heavy atom. The first-order chi connectivity index (χ1) is 10.2. The molecule has 0 atom stereocenters. The van der Waals surface area contributed by atoms with E-state index < -0.39 is 0 Å². The molecule has 1 aromatic carbocycles.